The number of allylic oxidation sites excluding steroid dienone is 1. The lowest BCUT2D eigenvalue weighted by molar-refractivity contribution is 0.585. The van der Waals surface area contributed by atoms with E-state index in [0.717, 1.165) is 0 Å². The molecule has 0 radical (unpaired) electrons. The molecule has 0 fully saturated rings. The van der Waals surface area contributed by atoms with Crippen LogP contribution in [0.25, 0.3) is 0 Å². The Morgan fingerprint density at radius 1 is 1.39 bits per heavy atom. The fourth-order valence-electron chi connectivity index (χ4n) is 1.14. The second-order valence-electron chi connectivity index (χ2n) is 3.23. The van der Waals surface area contributed by atoms with E-state index in [9.17, 15) is 8.42 Å². The highest BCUT2D eigenvalue weighted by molar-refractivity contribution is 7.89. The van der Waals surface area contributed by atoms with Crippen LogP contribution in [0.3, 0.4) is 0 Å². The lowest BCUT2D eigenvalue weighted by atomic mass is 10.2. The van der Waals surface area contributed by atoms with Gasteiger partial charge in [0, 0.05) is 12.4 Å². The zero-order valence-corrected chi connectivity index (χ0v) is 11.6. The molecule has 96 valence electrons. The van der Waals surface area contributed by atoms with E-state index in [-0.39, 0.29) is 22.0 Å². The predicted octanol–water partition coefficient (Wildman–Crippen LogP) is 2.28. The van der Waals surface area contributed by atoms with Gasteiger partial charge in [-0.25, -0.2) is 13.1 Å². The van der Waals surface area contributed by atoms with E-state index in [1.165, 1.54) is 18.2 Å². The molecule has 0 aliphatic heterocycles. The third-order valence-corrected chi connectivity index (χ3v) is 3.93. The van der Waals surface area contributed by atoms with Crippen LogP contribution in [0.15, 0.2) is 35.2 Å². The highest BCUT2D eigenvalue weighted by Gasteiger charge is 2.14. The van der Waals surface area contributed by atoms with Gasteiger partial charge in [0.25, 0.3) is 0 Å². The summed E-state index contributed by atoms with van der Waals surface area (Å²) in [5.74, 6) is 0.324. The number of rotatable bonds is 5. The largest absolute Gasteiger partial charge is 0.240 e. The molecule has 4 nitrogen and oxygen atoms in total. The molecule has 0 saturated heterocycles. The Bertz CT molecular complexity index is 592. The molecule has 0 aromatic heterocycles. The molecule has 0 spiro atoms. The summed E-state index contributed by atoms with van der Waals surface area (Å²) in [4.78, 5) is 0.0192. The molecule has 1 N–H and O–H groups in total. The number of sulfonamides is 1. The minimum Gasteiger partial charge on any atom is -0.207 e. The zero-order chi connectivity index (χ0) is 13.6. The van der Waals surface area contributed by atoms with Gasteiger partial charge in [-0.3, -0.25) is 0 Å². The summed E-state index contributed by atoms with van der Waals surface area (Å²) in [6, 6.07) is 5.80. The molecule has 1 aromatic carbocycles. The molecule has 1 rings (SSSR count). The maximum absolute atomic E-state index is 11.8. The molecule has 0 aliphatic carbocycles. The molecule has 0 bridgehead atoms. The van der Waals surface area contributed by atoms with Crippen LogP contribution in [0.4, 0.5) is 0 Å². The topological polar surface area (TPSA) is 70.0 Å². The standard InChI is InChI=1S/C11H10Cl2N2O2S/c12-5-1-2-6-15-18(16,17)10-4-3-9(8-14)11(13)7-10/h1-4,7,15H,5-6H2/b2-1+. The van der Waals surface area contributed by atoms with Crippen LogP contribution >= 0.6 is 23.2 Å². The normalized spacial score (nSPS) is 11.6. The van der Waals surface area contributed by atoms with Crippen molar-refractivity contribution in [3.05, 3.63) is 40.9 Å². The average Bonchev–Trinajstić information content (AvgIpc) is 2.34. The molecule has 0 saturated carbocycles. The summed E-state index contributed by atoms with van der Waals surface area (Å²) < 4.78 is 26.0. The maximum atomic E-state index is 11.8. The Balaban J connectivity index is 2.89. The number of nitrogens with one attached hydrogen (secondary N) is 1. The zero-order valence-electron chi connectivity index (χ0n) is 9.23. The molecule has 7 heteroatoms. The van der Waals surface area contributed by atoms with E-state index in [1.54, 1.807) is 12.2 Å². The van der Waals surface area contributed by atoms with Crippen molar-refractivity contribution in [2.75, 3.05) is 12.4 Å². The van der Waals surface area contributed by atoms with Gasteiger partial charge in [0.1, 0.15) is 6.07 Å². The number of halogens is 2. The monoisotopic (exact) mass is 304 g/mol. The molecule has 0 aliphatic rings. The SMILES string of the molecule is N#Cc1ccc(S(=O)(=O)NC/C=C/CCl)cc1Cl. The van der Waals surface area contributed by atoms with Crippen molar-refractivity contribution < 1.29 is 8.42 Å². The van der Waals surface area contributed by atoms with Crippen LogP contribution in [0.2, 0.25) is 5.02 Å². The van der Waals surface area contributed by atoms with E-state index >= 15 is 0 Å². The van der Waals surface area contributed by atoms with Gasteiger partial charge in [-0.1, -0.05) is 23.8 Å². The molecular formula is C11H10Cl2N2O2S. The number of nitriles is 1. The van der Waals surface area contributed by atoms with Crippen LogP contribution in [-0.2, 0) is 10.0 Å². The number of hydrogen-bond acceptors (Lipinski definition) is 3. The lowest BCUT2D eigenvalue weighted by Crippen LogP contribution is -2.23. The first-order valence-electron chi connectivity index (χ1n) is 4.91. The lowest BCUT2D eigenvalue weighted by Gasteiger charge is -2.05. The maximum Gasteiger partial charge on any atom is 0.240 e. The number of benzene rings is 1. The highest BCUT2D eigenvalue weighted by Crippen LogP contribution is 2.19. The van der Waals surface area contributed by atoms with E-state index in [1.807, 2.05) is 6.07 Å². The summed E-state index contributed by atoms with van der Waals surface area (Å²) in [5, 5.41) is 8.80. The Kier molecular flexibility index (Phi) is 5.63. The van der Waals surface area contributed by atoms with Crippen molar-refractivity contribution in [2.45, 2.75) is 4.90 Å². The van der Waals surface area contributed by atoms with Crippen molar-refractivity contribution in [3.8, 4) is 6.07 Å². The van der Waals surface area contributed by atoms with Gasteiger partial charge in [-0.2, -0.15) is 5.26 Å². The summed E-state index contributed by atoms with van der Waals surface area (Å²) in [6.45, 7) is 0.146. The fourth-order valence-corrected chi connectivity index (χ4v) is 2.56. The molecule has 1 aromatic rings. The fraction of sp³-hybridized carbons (Fsp3) is 0.182. The van der Waals surface area contributed by atoms with Crippen molar-refractivity contribution in [2.24, 2.45) is 0 Å². The number of nitrogens with zero attached hydrogens (tertiary/aromatic N) is 1. The van der Waals surface area contributed by atoms with E-state index in [4.69, 9.17) is 28.5 Å². The van der Waals surface area contributed by atoms with Gasteiger partial charge < -0.3 is 0 Å². The van der Waals surface area contributed by atoms with Crippen LogP contribution in [0.1, 0.15) is 5.56 Å². The third kappa shape index (κ3) is 4.00. The Morgan fingerprint density at radius 2 is 2.11 bits per heavy atom. The van der Waals surface area contributed by atoms with Crippen LogP contribution in [0.5, 0.6) is 0 Å². The minimum atomic E-state index is -3.63. The van der Waals surface area contributed by atoms with Crippen molar-refractivity contribution in [1.29, 1.82) is 5.26 Å². The Morgan fingerprint density at radius 3 is 2.67 bits per heavy atom. The second-order valence-corrected chi connectivity index (χ2v) is 5.71. The van der Waals surface area contributed by atoms with Crippen LogP contribution < -0.4 is 4.72 Å². The van der Waals surface area contributed by atoms with Crippen LogP contribution in [0, 0.1) is 11.3 Å². The van der Waals surface area contributed by atoms with Crippen molar-refractivity contribution in [1.82, 2.24) is 4.72 Å². The minimum absolute atomic E-state index is 0.0192. The molecule has 0 unspecified atom stereocenters. The molecular weight excluding hydrogens is 295 g/mol. The molecule has 18 heavy (non-hydrogen) atoms. The summed E-state index contributed by atoms with van der Waals surface area (Å²) in [6.07, 6.45) is 3.24. The van der Waals surface area contributed by atoms with E-state index in [0.29, 0.717) is 5.88 Å². The van der Waals surface area contributed by atoms with E-state index in [2.05, 4.69) is 4.72 Å². The van der Waals surface area contributed by atoms with Gasteiger partial charge >= 0.3 is 0 Å². The van der Waals surface area contributed by atoms with Crippen molar-refractivity contribution in [3.63, 3.8) is 0 Å². The van der Waals surface area contributed by atoms with Gasteiger partial charge in [-0.15, -0.1) is 11.6 Å². The predicted molar refractivity (Wildman–Crippen MR) is 71.2 cm³/mol. The first-order chi connectivity index (χ1) is 8.51. The smallest absolute Gasteiger partial charge is 0.207 e. The number of alkyl halides is 1. The van der Waals surface area contributed by atoms with Gasteiger partial charge in [-0.05, 0) is 18.2 Å². The summed E-state index contributed by atoms with van der Waals surface area (Å²) in [7, 11) is -3.63. The van der Waals surface area contributed by atoms with Gasteiger partial charge in [0.05, 0.1) is 15.5 Å². The average molecular weight is 305 g/mol. The van der Waals surface area contributed by atoms with Gasteiger partial charge in [0.2, 0.25) is 10.0 Å². The summed E-state index contributed by atoms with van der Waals surface area (Å²) >= 11 is 11.2. The third-order valence-electron chi connectivity index (χ3n) is 2.02. The van der Waals surface area contributed by atoms with Gasteiger partial charge in [0.15, 0.2) is 0 Å². The number of hydrogen-bond donors (Lipinski definition) is 1. The molecule has 0 atom stereocenters. The molecule has 0 heterocycles. The Hall–Kier alpha value is -1.06. The Labute approximate surface area is 116 Å². The second kappa shape index (κ2) is 6.76. The molecule has 0 amide bonds. The highest BCUT2D eigenvalue weighted by atomic mass is 35.5. The first-order valence-corrected chi connectivity index (χ1v) is 7.31. The summed E-state index contributed by atoms with van der Waals surface area (Å²) in [5.41, 5.74) is 0.234. The quantitative estimate of drug-likeness (QED) is 0.670. The first kappa shape index (κ1) is 15.0. The van der Waals surface area contributed by atoms with Crippen LogP contribution in [-0.4, -0.2) is 20.8 Å². The van der Waals surface area contributed by atoms with E-state index < -0.39 is 10.0 Å². The van der Waals surface area contributed by atoms with Crippen molar-refractivity contribution >= 4 is 33.2 Å².